The molecule has 1 atom stereocenters. The number of aryl methyl sites for hydroxylation is 1. The number of hydrogen-bond donors (Lipinski definition) is 2. The highest BCUT2D eigenvalue weighted by Crippen LogP contribution is 2.38. The smallest absolute Gasteiger partial charge is 0.221 e. The number of nitrogens with zero attached hydrogens (tertiary/aromatic N) is 1. The minimum Gasteiger partial charge on any atom is -0.353 e. The number of carbonyl (C=O) groups is 1. The summed E-state index contributed by atoms with van der Waals surface area (Å²) >= 11 is 0. The second-order valence-electron chi connectivity index (χ2n) is 12.7. The van der Waals surface area contributed by atoms with Gasteiger partial charge in [0.2, 0.25) is 5.91 Å². The van der Waals surface area contributed by atoms with Crippen molar-refractivity contribution < 1.29 is 4.79 Å². The maximum Gasteiger partial charge on any atom is 0.221 e. The SMILES string of the molecule is Cc1cccc(C(CC(=O)NC2CCC(N)CC2)c2cn(CC3CCCCC3)c3ccc(-c4ccccc4)cc23)c1. The van der Waals surface area contributed by atoms with Gasteiger partial charge < -0.3 is 15.6 Å². The van der Waals surface area contributed by atoms with Crippen molar-refractivity contribution in [2.45, 2.75) is 95.7 Å². The highest BCUT2D eigenvalue weighted by atomic mass is 16.1. The summed E-state index contributed by atoms with van der Waals surface area (Å²) in [6.07, 6.45) is 13.4. The van der Waals surface area contributed by atoms with Crippen molar-refractivity contribution >= 4 is 16.8 Å². The van der Waals surface area contributed by atoms with Gasteiger partial charge in [0.05, 0.1) is 0 Å². The summed E-state index contributed by atoms with van der Waals surface area (Å²) in [7, 11) is 0. The van der Waals surface area contributed by atoms with E-state index in [0.717, 1.165) is 38.1 Å². The van der Waals surface area contributed by atoms with Crippen molar-refractivity contribution in [2.75, 3.05) is 0 Å². The molecule has 1 aromatic heterocycles. The molecule has 1 heterocycles. The highest BCUT2D eigenvalue weighted by Gasteiger charge is 2.27. The lowest BCUT2D eigenvalue weighted by atomic mass is 9.86. The Bertz CT molecular complexity index is 1460. The molecule has 4 aromatic rings. The number of hydrogen-bond acceptors (Lipinski definition) is 2. The van der Waals surface area contributed by atoms with E-state index >= 15 is 0 Å². The Kier molecular flexibility index (Phi) is 8.57. The molecule has 41 heavy (non-hydrogen) atoms. The Morgan fingerprint density at radius 1 is 0.878 bits per heavy atom. The number of rotatable bonds is 8. The van der Waals surface area contributed by atoms with E-state index in [0.29, 0.717) is 6.42 Å². The van der Waals surface area contributed by atoms with Gasteiger partial charge in [-0.3, -0.25) is 4.79 Å². The molecule has 0 saturated heterocycles. The molecule has 2 aliphatic rings. The van der Waals surface area contributed by atoms with Gasteiger partial charge >= 0.3 is 0 Å². The molecule has 0 bridgehead atoms. The highest BCUT2D eigenvalue weighted by molar-refractivity contribution is 5.90. The fraction of sp³-hybridized carbons (Fsp3) is 0.432. The lowest BCUT2D eigenvalue weighted by Gasteiger charge is -2.27. The first-order chi connectivity index (χ1) is 20.0. The summed E-state index contributed by atoms with van der Waals surface area (Å²) in [5, 5.41) is 4.65. The van der Waals surface area contributed by atoms with E-state index in [9.17, 15) is 4.79 Å². The molecule has 2 saturated carbocycles. The van der Waals surface area contributed by atoms with Crippen LogP contribution in [0.25, 0.3) is 22.0 Å². The summed E-state index contributed by atoms with van der Waals surface area (Å²) in [6.45, 7) is 3.20. The number of fused-ring (bicyclic) bond motifs is 1. The first kappa shape index (κ1) is 27.8. The van der Waals surface area contributed by atoms with Gasteiger partial charge in [-0.2, -0.15) is 0 Å². The molecule has 0 spiro atoms. The fourth-order valence-electron chi connectivity index (χ4n) is 7.24. The molecule has 3 N–H and O–H groups in total. The Labute approximate surface area is 245 Å². The summed E-state index contributed by atoms with van der Waals surface area (Å²) in [4.78, 5) is 13.6. The number of nitrogens with two attached hydrogens (primary N) is 1. The zero-order chi connectivity index (χ0) is 28.2. The van der Waals surface area contributed by atoms with Crippen molar-refractivity contribution in [3.8, 4) is 11.1 Å². The summed E-state index contributed by atoms with van der Waals surface area (Å²) < 4.78 is 2.50. The Morgan fingerprint density at radius 3 is 2.41 bits per heavy atom. The van der Waals surface area contributed by atoms with E-state index in [2.05, 4.69) is 95.8 Å². The average Bonchev–Trinajstić information content (AvgIpc) is 3.35. The third kappa shape index (κ3) is 6.59. The van der Waals surface area contributed by atoms with Gasteiger partial charge in [-0.15, -0.1) is 0 Å². The predicted octanol–water partition coefficient (Wildman–Crippen LogP) is 8.11. The van der Waals surface area contributed by atoms with Gasteiger partial charge in [0.25, 0.3) is 0 Å². The van der Waals surface area contributed by atoms with Gasteiger partial charge in [-0.25, -0.2) is 0 Å². The Balaban J connectivity index is 1.40. The van der Waals surface area contributed by atoms with Crippen LogP contribution in [0, 0.1) is 12.8 Å². The predicted molar refractivity (Wildman–Crippen MR) is 170 cm³/mol. The molecule has 0 aliphatic heterocycles. The van der Waals surface area contributed by atoms with Crippen LogP contribution in [0.2, 0.25) is 0 Å². The fourth-order valence-corrected chi connectivity index (χ4v) is 7.24. The van der Waals surface area contributed by atoms with Crippen molar-refractivity contribution in [1.82, 2.24) is 9.88 Å². The van der Waals surface area contributed by atoms with E-state index in [1.165, 1.54) is 70.8 Å². The Morgan fingerprint density at radius 2 is 1.66 bits per heavy atom. The van der Waals surface area contributed by atoms with Crippen LogP contribution in [0.15, 0.2) is 79.0 Å². The lowest BCUT2D eigenvalue weighted by Crippen LogP contribution is -2.40. The van der Waals surface area contributed by atoms with Gasteiger partial charge in [0, 0.05) is 48.1 Å². The van der Waals surface area contributed by atoms with Crippen LogP contribution in [0.4, 0.5) is 0 Å². The molecule has 3 aromatic carbocycles. The topological polar surface area (TPSA) is 60.1 Å². The minimum absolute atomic E-state index is 0.0122. The van der Waals surface area contributed by atoms with Crippen LogP contribution in [-0.2, 0) is 11.3 Å². The Hall–Kier alpha value is -3.37. The van der Waals surface area contributed by atoms with Crippen molar-refractivity contribution in [1.29, 1.82) is 0 Å². The first-order valence-corrected chi connectivity index (χ1v) is 15.8. The number of aromatic nitrogens is 1. The van der Waals surface area contributed by atoms with Crippen molar-refractivity contribution in [3.63, 3.8) is 0 Å². The van der Waals surface area contributed by atoms with E-state index in [1.807, 2.05) is 0 Å². The van der Waals surface area contributed by atoms with Crippen LogP contribution in [0.1, 0.15) is 86.8 Å². The minimum atomic E-state index is -0.0122. The van der Waals surface area contributed by atoms with Crippen LogP contribution >= 0.6 is 0 Å². The monoisotopic (exact) mass is 547 g/mol. The molecule has 2 aliphatic carbocycles. The first-order valence-electron chi connectivity index (χ1n) is 15.8. The van der Waals surface area contributed by atoms with E-state index in [1.54, 1.807) is 0 Å². The summed E-state index contributed by atoms with van der Waals surface area (Å²) in [6, 6.07) is 26.8. The molecule has 4 nitrogen and oxygen atoms in total. The molecular weight excluding hydrogens is 502 g/mol. The average molecular weight is 548 g/mol. The number of benzene rings is 3. The molecule has 2 fully saturated rings. The standard InChI is InChI=1S/C37H45N3O/c1-26-9-8-14-30(21-26)33(23-37(41)39-32-18-16-31(38)17-19-32)35-25-40(24-27-10-4-2-5-11-27)36-20-15-29(22-34(35)36)28-12-6-3-7-13-28/h3,6-9,12-15,20-22,25,27,31-33H,2,4-5,10-11,16-19,23-24,38H2,1H3,(H,39,41). The van der Waals surface area contributed by atoms with Gasteiger partial charge in [-0.05, 0) is 85.8 Å². The van der Waals surface area contributed by atoms with Crippen molar-refractivity contribution in [2.24, 2.45) is 11.7 Å². The molecule has 0 radical (unpaired) electrons. The van der Waals surface area contributed by atoms with E-state index < -0.39 is 0 Å². The van der Waals surface area contributed by atoms with E-state index in [-0.39, 0.29) is 23.9 Å². The van der Waals surface area contributed by atoms with Crippen LogP contribution in [0.5, 0.6) is 0 Å². The van der Waals surface area contributed by atoms with Crippen LogP contribution in [0.3, 0.4) is 0 Å². The maximum atomic E-state index is 13.6. The second kappa shape index (κ2) is 12.7. The zero-order valence-electron chi connectivity index (χ0n) is 24.5. The normalized spacial score (nSPS) is 20.6. The molecule has 4 heteroatoms. The van der Waals surface area contributed by atoms with Crippen LogP contribution in [-0.4, -0.2) is 22.6 Å². The van der Waals surface area contributed by atoms with Crippen molar-refractivity contribution in [3.05, 3.63) is 95.7 Å². The van der Waals surface area contributed by atoms with Gasteiger partial charge in [0.1, 0.15) is 0 Å². The molecule has 6 rings (SSSR count). The van der Waals surface area contributed by atoms with E-state index in [4.69, 9.17) is 5.73 Å². The second-order valence-corrected chi connectivity index (χ2v) is 12.7. The molecule has 214 valence electrons. The van der Waals surface area contributed by atoms with Crippen LogP contribution < -0.4 is 11.1 Å². The molecular formula is C37H45N3O. The summed E-state index contributed by atoms with van der Waals surface area (Å²) in [5.74, 6) is 0.852. The molecule has 1 unspecified atom stereocenters. The third-order valence-corrected chi connectivity index (χ3v) is 9.55. The number of nitrogens with one attached hydrogen (secondary N) is 1. The zero-order valence-corrected chi connectivity index (χ0v) is 24.5. The molecule has 1 amide bonds. The largest absolute Gasteiger partial charge is 0.353 e. The van der Waals surface area contributed by atoms with Gasteiger partial charge in [0.15, 0.2) is 0 Å². The maximum absolute atomic E-state index is 13.6. The van der Waals surface area contributed by atoms with Gasteiger partial charge in [-0.1, -0.05) is 85.5 Å². The summed E-state index contributed by atoms with van der Waals surface area (Å²) in [5.41, 5.74) is 13.6. The lowest BCUT2D eigenvalue weighted by molar-refractivity contribution is -0.122. The number of amides is 1. The quantitative estimate of drug-likeness (QED) is 0.234. The third-order valence-electron chi connectivity index (χ3n) is 9.55. The number of carbonyl (C=O) groups excluding carboxylic acids is 1.